The lowest BCUT2D eigenvalue weighted by molar-refractivity contribution is 1.12. The van der Waals surface area contributed by atoms with Crippen molar-refractivity contribution in [1.29, 1.82) is 0 Å². The number of hydrogen-bond acceptors (Lipinski definition) is 1. The first-order valence-electron chi connectivity index (χ1n) is 6.88. The Morgan fingerprint density at radius 1 is 0.950 bits per heavy atom. The fourth-order valence-corrected chi connectivity index (χ4v) is 2.70. The number of aromatic nitrogens is 1. The lowest BCUT2D eigenvalue weighted by atomic mass is 10.0. The van der Waals surface area contributed by atoms with Gasteiger partial charge in [0.2, 0.25) is 0 Å². The second-order valence-corrected chi connectivity index (χ2v) is 5.34. The number of nitrogens with zero attached hydrogens (tertiary/aromatic N) is 1. The molecule has 100 valence electrons. The summed E-state index contributed by atoms with van der Waals surface area (Å²) in [6.45, 7) is 2.10. The van der Waals surface area contributed by atoms with Gasteiger partial charge in [-0.15, -0.1) is 0 Å². The van der Waals surface area contributed by atoms with Gasteiger partial charge in [0.1, 0.15) is 5.15 Å². The Morgan fingerprint density at radius 2 is 1.75 bits per heavy atom. The summed E-state index contributed by atoms with van der Waals surface area (Å²) in [6, 6.07) is 19.0. The maximum Gasteiger partial charge on any atom is 0.132 e. The van der Waals surface area contributed by atoms with Gasteiger partial charge < -0.3 is 0 Å². The average Bonchev–Trinajstić information content (AvgIpc) is 2.47. The average molecular weight is 282 g/mol. The van der Waals surface area contributed by atoms with E-state index in [0.717, 1.165) is 29.3 Å². The molecular formula is C18H16ClN. The molecule has 1 aromatic heterocycles. The molecule has 0 bridgehead atoms. The molecule has 0 saturated carbocycles. The van der Waals surface area contributed by atoms with E-state index in [4.69, 9.17) is 11.6 Å². The summed E-state index contributed by atoms with van der Waals surface area (Å²) in [5.74, 6) is 0. The Kier molecular flexibility index (Phi) is 3.70. The second kappa shape index (κ2) is 5.64. The molecule has 0 amide bonds. The highest BCUT2D eigenvalue weighted by molar-refractivity contribution is 6.30. The van der Waals surface area contributed by atoms with Gasteiger partial charge in [0, 0.05) is 5.39 Å². The predicted octanol–water partition coefficient (Wildman–Crippen LogP) is 5.04. The molecule has 3 aromatic rings. The van der Waals surface area contributed by atoms with Crippen molar-refractivity contribution < 1.29 is 0 Å². The summed E-state index contributed by atoms with van der Waals surface area (Å²) in [6.07, 6.45) is 1.83. The van der Waals surface area contributed by atoms with Crippen molar-refractivity contribution in [2.75, 3.05) is 0 Å². The Bertz CT molecular complexity index is 735. The number of pyridine rings is 1. The minimum Gasteiger partial charge on any atom is -0.236 e. The van der Waals surface area contributed by atoms with Crippen LogP contribution in [-0.2, 0) is 12.8 Å². The van der Waals surface area contributed by atoms with E-state index in [1.807, 2.05) is 6.07 Å². The van der Waals surface area contributed by atoms with Gasteiger partial charge in [0.05, 0.1) is 5.52 Å². The van der Waals surface area contributed by atoms with E-state index in [1.165, 1.54) is 11.1 Å². The predicted molar refractivity (Wildman–Crippen MR) is 85.4 cm³/mol. The fraction of sp³-hybridized carbons (Fsp3) is 0.167. The molecule has 0 fully saturated rings. The Hall–Kier alpha value is -1.86. The Balaban J connectivity index is 1.98. The van der Waals surface area contributed by atoms with Crippen LogP contribution in [-0.4, -0.2) is 4.98 Å². The van der Waals surface area contributed by atoms with Crippen molar-refractivity contribution in [1.82, 2.24) is 4.98 Å². The van der Waals surface area contributed by atoms with Gasteiger partial charge in [-0.25, -0.2) is 4.98 Å². The van der Waals surface area contributed by atoms with Gasteiger partial charge in [-0.3, -0.25) is 0 Å². The van der Waals surface area contributed by atoms with Crippen molar-refractivity contribution in [3.8, 4) is 0 Å². The van der Waals surface area contributed by atoms with Crippen LogP contribution < -0.4 is 0 Å². The molecule has 0 aliphatic rings. The monoisotopic (exact) mass is 281 g/mol. The number of aryl methyl sites for hydroxylation is 1. The molecule has 0 unspecified atom stereocenters. The van der Waals surface area contributed by atoms with Gasteiger partial charge in [0.15, 0.2) is 0 Å². The van der Waals surface area contributed by atoms with E-state index >= 15 is 0 Å². The molecule has 0 saturated heterocycles. The standard InChI is InChI=1S/C18H16ClN/c1-2-15-12-16-9-8-14(11-17(16)20-18(15)19)10-13-6-4-3-5-7-13/h3-9,11-12H,2,10H2,1H3. The second-order valence-electron chi connectivity index (χ2n) is 4.98. The molecule has 3 rings (SSSR count). The van der Waals surface area contributed by atoms with E-state index in [-0.39, 0.29) is 0 Å². The Labute approximate surface area is 124 Å². The van der Waals surface area contributed by atoms with Crippen molar-refractivity contribution in [2.45, 2.75) is 19.8 Å². The van der Waals surface area contributed by atoms with Crippen LogP contribution in [0.1, 0.15) is 23.6 Å². The third-order valence-corrected chi connectivity index (χ3v) is 3.87. The zero-order valence-electron chi connectivity index (χ0n) is 11.4. The smallest absolute Gasteiger partial charge is 0.132 e. The number of rotatable bonds is 3. The highest BCUT2D eigenvalue weighted by Gasteiger charge is 2.04. The first-order valence-corrected chi connectivity index (χ1v) is 7.26. The molecule has 0 aliphatic heterocycles. The third kappa shape index (κ3) is 2.68. The molecule has 20 heavy (non-hydrogen) atoms. The molecular weight excluding hydrogens is 266 g/mol. The normalized spacial score (nSPS) is 10.9. The van der Waals surface area contributed by atoms with Gasteiger partial charge in [0.25, 0.3) is 0 Å². The van der Waals surface area contributed by atoms with E-state index in [1.54, 1.807) is 0 Å². The topological polar surface area (TPSA) is 12.9 Å². The third-order valence-electron chi connectivity index (χ3n) is 3.54. The van der Waals surface area contributed by atoms with Crippen molar-refractivity contribution >= 4 is 22.5 Å². The minimum absolute atomic E-state index is 0.622. The fourth-order valence-electron chi connectivity index (χ4n) is 2.42. The van der Waals surface area contributed by atoms with E-state index < -0.39 is 0 Å². The molecule has 0 spiro atoms. The van der Waals surface area contributed by atoms with Crippen LogP contribution in [0.4, 0.5) is 0 Å². The summed E-state index contributed by atoms with van der Waals surface area (Å²) in [7, 11) is 0. The molecule has 1 nitrogen and oxygen atoms in total. The lowest BCUT2D eigenvalue weighted by Crippen LogP contribution is -1.91. The number of fused-ring (bicyclic) bond motifs is 1. The van der Waals surface area contributed by atoms with Crippen molar-refractivity contribution in [2.24, 2.45) is 0 Å². The minimum atomic E-state index is 0.622. The molecule has 0 atom stereocenters. The molecule has 0 aliphatic carbocycles. The van der Waals surface area contributed by atoms with Gasteiger partial charge in [-0.1, -0.05) is 61.0 Å². The quantitative estimate of drug-likeness (QED) is 0.613. The van der Waals surface area contributed by atoms with Crippen molar-refractivity contribution in [3.63, 3.8) is 0 Å². The lowest BCUT2D eigenvalue weighted by Gasteiger charge is -2.06. The summed E-state index contributed by atoms with van der Waals surface area (Å²) < 4.78 is 0. The van der Waals surface area contributed by atoms with E-state index in [0.29, 0.717) is 5.15 Å². The maximum absolute atomic E-state index is 6.20. The largest absolute Gasteiger partial charge is 0.236 e. The van der Waals surface area contributed by atoms with Crippen LogP contribution >= 0.6 is 11.6 Å². The van der Waals surface area contributed by atoms with Crippen molar-refractivity contribution in [3.05, 3.63) is 76.4 Å². The molecule has 1 heterocycles. The van der Waals surface area contributed by atoms with Crippen LogP contribution in [0.3, 0.4) is 0 Å². The summed E-state index contributed by atoms with van der Waals surface area (Å²) in [5.41, 5.74) is 4.65. The zero-order chi connectivity index (χ0) is 13.9. The van der Waals surface area contributed by atoms with Crippen LogP contribution in [0.25, 0.3) is 10.9 Å². The van der Waals surface area contributed by atoms with Crippen LogP contribution in [0.2, 0.25) is 5.15 Å². The van der Waals surface area contributed by atoms with E-state index in [9.17, 15) is 0 Å². The SMILES string of the molecule is CCc1cc2ccc(Cc3ccccc3)cc2nc1Cl. The summed E-state index contributed by atoms with van der Waals surface area (Å²) in [5, 5.41) is 1.78. The summed E-state index contributed by atoms with van der Waals surface area (Å²) in [4.78, 5) is 4.51. The van der Waals surface area contributed by atoms with Gasteiger partial charge in [-0.2, -0.15) is 0 Å². The Morgan fingerprint density at radius 3 is 2.50 bits per heavy atom. The molecule has 2 heteroatoms. The highest BCUT2D eigenvalue weighted by Crippen LogP contribution is 2.23. The van der Waals surface area contributed by atoms with Crippen LogP contribution in [0.15, 0.2) is 54.6 Å². The molecule has 2 aromatic carbocycles. The summed E-state index contributed by atoms with van der Waals surface area (Å²) >= 11 is 6.20. The zero-order valence-corrected chi connectivity index (χ0v) is 12.2. The first-order chi connectivity index (χ1) is 9.76. The van der Waals surface area contributed by atoms with Gasteiger partial charge in [-0.05, 0) is 41.7 Å². The molecule has 0 N–H and O–H groups in total. The van der Waals surface area contributed by atoms with E-state index in [2.05, 4.69) is 60.4 Å². The van der Waals surface area contributed by atoms with Gasteiger partial charge >= 0.3 is 0 Å². The number of halogens is 1. The van der Waals surface area contributed by atoms with Crippen LogP contribution in [0.5, 0.6) is 0 Å². The maximum atomic E-state index is 6.20. The highest BCUT2D eigenvalue weighted by atomic mass is 35.5. The molecule has 0 radical (unpaired) electrons. The number of hydrogen-bond donors (Lipinski definition) is 0. The van der Waals surface area contributed by atoms with Crippen LogP contribution in [0, 0.1) is 0 Å². The number of benzene rings is 2. The first kappa shape index (κ1) is 13.1.